The van der Waals surface area contributed by atoms with Crippen LogP contribution in [0.1, 0.15) is 66.1 Å². The summed E-state index contributed by atoms with van der Waals surface area (Å²) in [6.45, 7) is 5.41. The number of benzene rings is 3. The van der Waals surface area contributed by atoms with Crippen molar-refractivity contribution in [3.8, 4) is 0 Å². The molecule has 1 amide bonds. The molecule has 3 N–H and O–H groups in total. The predicted molar refractivity (Wildman–Crippen MR) is 155 cm³/mol. The molecular weight excluding hydrogens is 502 g/mol. The van der Waals surface area contributed by atoms with E-state index in [1.54, 1.807) is 39.1 Å². The fourth-order valence-electron chi connectivity index (χ4n) is 4.66. The van der Waals surface area contributed by atoms with Gasteiger partial charge in [0.15, 0.2) is 0 Å². The first-order valence-corrected chi connectivity index (χ1v) is 13.6. The molecule has 0 aliphatic heterocycles. The SMILES string of the molecule is CC(C)(C)OC(=O)N[C@@H](Cc1ccccc1)[C@@H](O)C[C@@H](Cc1ccccc1)c1ncc(C(=O)c2ccccc2)[nH]1. The maximum atomic E-state index is 13.0. The Morgan fingerprint density at radius 1 is 0.875 bits per heavy atom. The molecule has 0 bridgehead atoms. The van der Waals surface area contributed by atoms with Crippen LogP contribution in [0.2, 0.25) is 0 Å². The number of hydrogen-bond donors (Lipinski definition) is 3. The molecule has 3 aromatic carbocycles. The summed E-state index contributed by atoms with van der Waals surface area (Å²) in [6.07, 6.45) is 1.37. The van der Waals surface area contributed by atoms with Crippen molar-refractivity contribution in [2.75, 3.05) is 0 Å². The predicted octanol–water partition coefficient (Wildman–Crippen LogP) is 5.85. The highest BCUT2D eigenvalue weighted by molar-refractivity contribution is 6.07. The van der Waals surface area contributed by atoms with Gasteiger partial charge in [-0.2, -0.15) is 0 Å². The molecule has 0 aliphatic rings. The molecule has 0 saturated carbocycles. The number of H-pyrrole nitrogens is 1. The van der Waals surface area contributed by atoms with Crippen molar-refractivity contribution in [2.24, 2.45) is 0 Å². The Bertz CT molecular complexity index is 1370. The largest absolute Gasteiger partial charge is 0.444 e. The molecule has 7 heteroatoms. The van der Waals surface area contributed by atoms with Crippen molar-refractivity contribution in [2.45, 2.75) is 63.7 Å². The van der Waals surface area contributed by atoms with E-state index in [4.69, 9.17) is 4.74 Å². The lowest BCUT2D eigenvalue weighted by Gasteiger charge is -2.29. The van der Waals surface area contributed by atoms with E-state index in [0.29, 0.717) is 36.3 Å². The number of aliphatic hydroxyl groups excluding tert-OH is 1. The zero-order chi connectivity index (χ0) is 28.5. The quantitative estimate of drug-likeness (QED) is 0.207. The number of hydrogen-bond acceptors (Lipinski definition) is 5. The highest BCUT2D eigenvalue weighted by atomic mass is 16.6. The summed E-state index contributed by atoms with van der Waals surface area (Å²) in [4.78, 5) is 33.5. The molecule has 4 rings (SSSR count). The number of aromatic amines is 1. The third-order valence-corrected chi connectivity index (χ3v) is 6.58. The highest BCUT2D eigenvalue weighted by Gasteiger charge is 2.29. The van der Waals surface area contributed by atoms with Crippen LogP contribution >= 0.6 is 0 Å². The van der Waals surface area contributed by atoms with Gasteiger partial charge in [0.05, 0.1) is 18.3 Å². The molecule has 7 nitrogen and oxygen atoms in total. The van der Waals surface area contributed by atoms with Crippen LogP contribution in [-0.2, 0) is 17.6 Å². The molecule has 208 valence electrons. The molecule has 1 heterocycles. The summed E-state index contributed by atoms with van der Waals surface area (Å²) in [6, 6.07) is 28.1. The topological polar surface area (TPSA) is 104 Å². The van der Waals surface area contributed by atoms with Crippen LogP contribution in [0.5, 0.6) is 0 Å². The number of amides is 1. The summed E-state index contributed by atoms with van der Waals surface area (Å²) in [5, 5.41) is 14.4. The molecule has 3 atom stereocenters. The number of alkyl carbamates (subject to hydrolysis) is 1. The van der Waals surface area contributed by atoms with Crippen LogP contribution < -0.4 is 5.32 Å². The van der Waals surface area contributed by atoms with E-state index in [0.717, 1.165) is 11.1 Å². The van der Waals surface area contributed by atoms with E-state index in [9.17, 15) is 14.7 Å². The van der Waals surface area contributed by atoms with Crippen LogP contribution in [0.15, 0.2) is 97.2 Å². The number of ketones is 1. The Kier molecular flexibility index (Phi) is 9.51. The van der Waals surface area contributed by atoms with Crippen molar-refractivity contribution in [1.82, 2.24) is 15.3 Å². The van der Waals surface area contributed by atoms with Gasteiger partial charge in [-0.3, -0.25) is 4.79 Å². The minimum Gasteiger partial charge on any atom is -0.444 e. The van der Waals surface area contributed by atoms with Crippen LogP contribution in [0, 0.1) is 0 Å². The first-order chi connectivity index (χ1) is 19.2. The standard InChI is InChI=1S/C33H37N3O4/c1-33(2,3)40-32(39)36-27(20-24-15-9-5-10-16-24)29(37)21-26(19-23-13-7-4-8-14-23)31-34-22-28(35-31)30(38)25-17-11-6-12-18-25/h4-18,22,26-27,29,37H,19-21H2,1-3H3,(H,34,35)(H,36,39)/t26-,27+,29+/m1/s1. The summed E-state index contributed by atoms with van der Waals surface area (Å²) in [7, 11) is 0. The zero-order valence-electron chi connectivity index (χ0n) is 23.2. The van der Waals surface area contributed by atoms with Gasteiger partial charge < -0.3 is 20.1 Å². The van der Waals surface area contributed by atoms with Crippen LogP contribution in [0.4, 0.5) is 4.79 Å². The Labute approximate surface area is 235 Å². The first-order valence-electron chi connectivity index (χ1n) is 13.6. The lowest BCUT2D eigenvalue weighted by molar-refractivity contribution is 0.0404. The Morgan fingerprint density at radius 2 is 1.43 bits per heavy atom. The molecular formula is C33H37N3O4. The van der Waals surface area contributed by atoms with Crippen molar-refractivity contribution >= 4 is 11.9 Å². The number of carbonyl (C=O) groups excluding carboxylic acids is 2. The van der Waals surface area contributed by atoms with Crippen molar-refractivity contribution in [3.05, 3.63) is 125 Å². The monoisotopic (exact) mass is 539 g/mol. The number of nitrogens with zero attached hydrogens (tertiary/aromatic N) is 1. The molecule has 0 radical (unpaired) electrons. The fraction of sp³-hybridized carbons (Fsp3) is 0.303. The maximum absolute atomic E-state index is 13.0. The van der Waals surface area contributed by atoms with Crippen LogP contribution in [0.3, 0.4) is 0 Å². The zero-order valence-corrected chi connectivity index (χ0v) is 23.2. The van der Waals surface area contributed by atoms with Gasteiger partial charge in [0.2, 0.25) is 5.78 Å². The Morgan fingerprint density at radius 3 is 2.00 bits per heavy atom. The van der Waals surface area contributed by atoms with E-state index in [-0.39, 0.29) is 11.7 Å². The second-order valence-corrected chi connectivity index (χ2v) is 11.0. The fourth-order valence-corrected chi connectivity index (χ4v) is 4.66. The molecule has 0 aliphatic carbocycles. The van der Waals surface area contributed by atoms with Gasteiger partial charge >= 0.3 is 6.09 Å². The molecule has 0 saturated heterocycles. The van der Waals surface area contributed by atoms with Crippen molar-refractivity contribution in [1.29, 1.82) is 0 Å². The minimum atomic E-state index is -0.917. The van der Waals surface area contributed by atoms with Crippen molar-refractivity contribution in [3.63, 3.8) is 0 Å². The molecule has 40 heavy (non-hydrogen) atoms. The van der Waals surface area contributed by atoms with Gasteiger partial charge in [0.25, 0.3) is 0 Å². The molecule has 0 unspecified atom stereocenters. The number of aliphatic hydroxyl groups is 1. The highest BCUT2D eigenvalue weighted by Crippen LogP contribution is 2.26. The summed E-state index contributed by atoms with van der Waals surface area (Å²) in [5.74, 6) is 0.221. The third-order valence-electron chi connectivity index (χ3n) is 6.58. The second-order valence-electron chi connectivity index (χ2n) is 11.0. The lowest BCUT2D eigenvalue weighted by atomic mass is 9.89. The van der Waals surface area contributed by atoms with E-state index < -0.39 is 23.8 Å². The van der Waals surface area contributed by atoms with Gasteiger partial charge in [-0.25, -0.2) is 9.78 Å². The lowest BCUT2D eigenvalue weighted by Crippen LogP contribution is -2.47. The van der Waals surface area contributed by atoms with Crippen molar-refractivity contribution < 1.29 is 19.4 Å². The average Bonchev–Trinajstić information content (AvgIpc) is 3.43. The summed E-state index contributed by atoms with van der Waals surface area (Å²) >= 11 is 0. The second kappa shape index (κ2) is 13.2. The molecule has 4 aromatic rings. The summed E-state index contributed by atoms with van der Waals surface area (Å²) in [5.41, 5.74) is 2.35. The average molecular weight is 540 g/mol. The minimum absolute atomic E-state index is 0.146. The van der Waals surface area contributed by atoms with Gasteiger partial charge in [0, 0.05) is 11.5 Å². The van der Waals surface area contributed by atoms with E-state index in [1.807, 2.05) is 78.9 Å². The van der Waals surface area contributed by atoms with Gasteiger partial charge in [0.1, 0.15) is 17.1 Å². The number of carbonyl (C=O) groups is 2. The molecule has 0 spiro atoms. The molecule has 0 fully saturated rings. The third kappa shape index (κ3) is 8.38. The van der Waals surface area contributed by atoms with E-state index >= 15 is 0 Å². The van der Waals surface area contributed by atoms with Gasteiger partial charge in [-0.05, 0) is 51.2 Å². The van der Waals surface area contributed by atoms with E-state index in [2.05, 4.69) is 15.3 Å². The van der Waals surface area contributed by atoms with Gasteiger partial charge in [-0.15, -0.1) is 0 Å². The Balaban J connectivity index is 1.58. The normalized spacial score (nSPS) is 13.7. The number of nitrogens with one attached hydrogen (secondary N) is 2. The number of aromatic nitrogens is 2. The number of imidazole rings is 1. The van der Waals surface area contributed by atoms with E-state index in [1.165, 1.54) is 0 Å². The van der Waals surface area contributed by atoms with Gasteiger partial charge in [-0.1, -0.05) is 91.0 Å². The maximum Gasteiger partial charge on any atom is 0.407 e. The first kappa shape index (κ1) is 28.8. The smallest absolute Gasteiger partial charge is 0.407 e. The summed E-state index contributed by atoms with van der Waals surface area (Å²) < 4.78 is 5.50. The number of ether oxygens (including phenoxy) is 1. The number of rotatable bonds is 11. The Hall–Kier alpha value is -4.23. The van der Waals surface area contributed by atoms with Crippen LogP contribution in [-0.4, -0.2) is 44.7 Å². The van der Waals surface area contributed by atoms with Crippen LogP contribution in [0.25, 0.3) is 0 Å². The molecule has 1 aromatic heterocycles.